The number of rotatable bonds is 4. The van der Waals surface area contributed by atoms with Gasteiger partial charge >= 0.3 is 0 Å². The minimum absolute atomic E-state index is 0.0249. The summed E-state index contributed by atoms with van der Waals surface area (Å²) in [5, 5.41) is 12.3. The molecule has 2 heterocycles. The number of benzene rings is 1. The second-order valence-corrected chi connectivity index (χ2v) is 7.44. The zero-order valence-electron chi connectivity index (χ0n) is 13.5. The maximum atomic E-state index is 11.9. The number of thioether (sulfide) groups is 1. The summed E-state index contributed by atoms with van der Waals surface area (Å²) in [4.78, 5) is 31.8. The third-order valence-corrected chi connectivity index (χ3v) is 5.49. The van der Waals surface area contributed by atoms with Gasteiger partial charge in [0.25, 0.3) is 11.2 Å². The number of fused-ring (bicyclic) bond motifs is 1. The molecule has 1 fully saturated rings. The molecule has 1 aliphatic rings. The van der Waals surface area contributed by atoms with Crippen molar-refractivity contribution in [3.05, 3.63) is 38.9 Å². The molecule has 8 heteroatoms. The Balaban J connectivity index is 2.07. The summed E-state index contributed by atoms with van der Waals surface area (Å²) < 4.78 is 0. The Morgan fingerprint density at radius 2 is 2.29 bits per heavy atom. The van der Waals surface area contributed by atoms with Crippen LogP contribution in [-0.2, 0) is 0 Å². The fraction of sp³-hybridized carbons (Fsp3) is 0.500. The number of H-pyrrole nitrogens is 1. The largest absolute Gasteiger partial charge is 0.365 e. The van der Waals surface area contributed by atoms with Crippen molar-refractivity contribution < 1.29 is 4.92 Å². The van der Waals surface area contributed by atoms with Gasteiger partial charge in [0.15, 0.2) is 0 Å². The first-order valence-electron chi connectivity index (χ1n) is 8.12. The van der Waals surface area contributed by atoms with Crippen LogP contribution in [0.1, 0.15) is 26.2 Å². The van der Waals surface area contributed by atoms with Crippen LogP contribution in [0, 0.1) is 10.1 Å². The maximum Gasteiger partial charge on any atom is 0.293 e. The summed E-state index contributed by atoms with van der Waals surface area (Å²) in [7, 11) is 0. The first-order chi connectivity index (χ1) is 11.6. The van der Waals surface area contributed by atoms with Gasteiger partial charge in [0, 0.05) is 24.4 Å². The molecule has 1 aromatic carbocycles. The van der Waals surface area contributed by atoms with Gasteiger partial charge in [-0.3, -0.25) is 14.9 Å². The molecule has 0 saturated carbocycles. The van der Waals surface area contributed by atoms with Crippen LogP contribution in [0.5, 0.6) is 0 Å². The predicted molar refractivity (Wildman–Crippen MR) is 97.0 cm³/mol. The quantitative estimate of drug-likeness (QED) is 0.674. The van der Waals surface area contributed by atoms with E-state index in [9.17, 15) is 14.9 Å². The summed E-state index contributed by atoms with van der Waals surface area (Å²) in [5.74, 6) is 1.04. The van der Waals surface area contributed by atoms with Crippen LogP contribution >= 0.6 is 11.8 Å². The molecule has 1 aromatic heterocycles. The Hall–Kier alpha value is -2.09. The molecule has 0 bridgehead atoms. The molecule has 7 nitrogen and oxygen atoms in total. The Labute approximate surface area is 143 Å². The van der Waals surface area contributed by atoms with Crippen molar-refractivity contribution in [3.63, 3.8) is 0 Å². The number of nitrogens with zero attached hydrogens (tertiary/aromatic N) is 3. The van der Waals surface area contributed by atoms with Gasteiger partial charge in [-0.15, -0.1) is 0 Å². The van der Waals surface area contributed by atoms with Crippen molar-refractivity contribution in [3.8, 4) is 0 Å². The lowest BCUT2D eigenvalue weighted by molar-refractivity contribution is -0.384. The van der Waals surface area contributed by atoms with Crippen LogP contribution in [0.3, 0.4) is 0 Å². The van der Waals surface area contributed by atoms with Gasteiger partial charge in [0.1, 0.15) is 5.69 Å². The minimum atomic E-state index is -0.409. The Morgan fingerprint density at radius 1 is 1.46 bits per heavy atom. The molecule has 128 valence electrons. The van der Waals surface area contributed by atoms with E-state index in [1.165, 1.54) is 12.4 Å². The molecule has 1 N–H and O–H groups in total. The zero-order valence-corrected chi connectivity index (χ0v) is 14.3. The topological polar surface area (TPSA) is 92.1 Å². The van der Waals surface area contributed by atoms with Gasteiger partial charge < -0.3 is 9.88 Å². The molecule has 0 spiro atoms. The van der Waals surface area contributed by atoms with Crippen LogP contribution in [0.2, 0.25) is 0 Å². The SMILES string of the molecule is CCSC1CCCCN(c2cc3nc[nH]c(=O)c3cc2[N+](=O)[O-])C1. The van der Waals surface area contributed by atoms with Gasteiger partial charge in [0.05, 0.1) is 22.2 Å². The number of aromatic nitrogens is 2. The molecule has 0 aliphatic carbocycles. The summed E-state index contributed by atoms with van der Waals surface area (Å²) in [6, 6.07) is 3.03. The predicted octanol–water partition coefficient (Wildman–Crippen LogP) is 2.94. The van der Waals surface area contributed by atoms with Crippen molar-refractivity contribution in [1.82, 2.24) is 9.97 Å². The fourth-order valence-electron chi connectivity index (χ4n) is 3.19. The maximum absolute atomic E-state index is 11.9. The van der Waals surface area contributed by atoms with Gasteiger partial charge in [-0.2, -0.15) is 11.8 Å². The van der Waals surface area contributed by atoms with Crippen molar-refractivity contribution in [2.75, 3.05) is 23.7 Å². The number of anilines is 1. The molecule has 3 rings (SSSR count). The van der Waals surface area contributed by atoms with Crippen LogP contribution in [0.25, 0.3) is 10.9 Å². The molecule has 0 radical (unpaired) electrons. The highest BCUT2D eigenvalue weighted by Gasteiger charge is 2.25. The van der Waals surface area contributed by atoms with Crippen LogP contribution < -0.4 is 10.5 Å². The van der Waals surface area contributed by atoms with Crippen molar-refractivity contribution in [2.45, 2.75) is 31.4 Å². The molecular weight excluding hydrogens is 328 g/mol. The Kier molecular flexibility index (Phi) is 5.03. The third-order valence-electron chi connectivity index (χ3n) is 4.30. The van der Waals surface area contributed by atoms with E-state index in [-0.39, 0.29) is 16.6 Å². The number of nitro benzene ring substituents is 1. The number of nitrogens with one attached hydrogen (secondary N) is 1. The fourth-order valence-corrected chi connectivity index (χ4v) is 4.28. The minimum Gasteiger partial charge on any atom is -0.365 e. The number of hydrogen-bond donors (Lipinski definition) is 1. The summed E-state index contributed by atoms with van der Waals surface area (Å²) in [5.41, 5.74) is 0.672. The highest BCUT2D eigenvalue weighted by molar-refractivity contribution is 7.99. The van der Waals surface area contributed by atoms with Crippen LogP contribution in [0.4, 0.5) is 11.4 Å². The Morgan fingerprint density at radius 3 is 3.04 bits per heavy atom. The van der Waals surface area contributed by atoms with E-state index < -0.39 is 4.92 Å². The second kappa shape index (κ2) is 7.21. The zero-order chi connectivity index (χ0) is 17.1. The van der Waals surface area contributed by atoms with E-state index >= 15 is 0 Å². The average Bonchev–Trinajstić information content (AvgIpc) is 2.80. The standard InChI is InChI=1S/C16H20N4O3S/c1-2-24-11-5-3-4-6-19(9-11)14-8-13-12(7-15(14)20(22)23)16(21)18-10-17-13/h7-8,10-11H,2-6,9H2,1H3,(H,17,18,21). The monoisotopic (exact) mass is 348 g/mol. The lowest BCUT2D eigenvalue weighted by Gasteiger charge is -2.26. The Bertz CT molecular complexity index is 807. The molecule has 24 heavy (non-hydrogen) atoms. The summed E-state index contributed by atoms with van der Waals surface area (Å²) >= 11 is 1.90. The van der Waals surface area contributed by atoms with Crippen LogP contribution in [-0.4, -0.2) is 39.0 Å². The summed E-state index contributed by atoms with van der Waals surface area (Å²) in [6.45, 7) is 3.71. The number of nitro groups is 1. The van der Waals surface area contributed by atoms with E-state index in [1.807, 2.05) is 11.8 Å². The smallest absolute Gasteiger partial charge is 0.293 e. The van der Waals surface area contributed by atoms with Crippen molar-refractivity contribution >= 4 is 34.0 Å². The lowest BCUT2D eigenvalue weighted by atomic mass is 10.1. The molecular formula is C16H20N4O3S. The van der Waals surface area contributed by atoms with Crippen molar-refractivity contribution in [2.24, 2.45) is 0 Å². The van der Waals surface area contributed by atoms with Crippen LogP contribution in [0.15, 0.2) is 23.3 Å². The lowest BCUT2D eigenvalue weighted by Crippen LogP contribution is -2.30. The van der Waals surface area contributed by atoms with E-state index in [0.29, 0.717) is 16.5 Å². The highest BCUT2D eigenvalue weighted by Crippen LogP contribution is 2.34. The van der Waals surface area contributed by atoms with E-state index in [4.69, 9.17) is 0 Å². The number of hydrogen-bond acceptors (Lipinski definition) is 6. The van der Waals surface area contributed by atoms with Gasteiger partial charge in [0.2, 0.25) is 0 Å². The third kappa shape index (κ3) is 3.38. The van der Waals surface area contributed by atoms with E-state index in [2.05, 4.69) is 21.8 Å². The van der Waals surface area contributed by atoms with Gasteiger partial charge in [-0.25, -0.2) is 4.98 Å². The van der Waals surface area contributed by atoms with Gasteiger partial charge in [-0.1, -0.05) is 13.3 Å². The van der Waals surface area contributed by atoms with Gasteiger partial charge in [-0.05, 0) is 24.7 Å². The molecule has 1 saturated heterocycles. The normalized spacial score (nSPS) is 18.5. The first-order valence-corrected chi connectivity index (χ1v) is 9.17. The number of aromatic amines is 1. The van der Waals surface area contributed by atoms with E-state index in [0.717, 1.165) is 38.1 Å². The molecule has 1 unspecified atom stereocenters. The first kappa shape index (κ1) is 16.8. The molecule has 1 atom stereocenters. The second-order valence-electron chi connectivity index (χ2n) is 5.87. The molecule has 1 aliphatic heterocycles. The average molecular weight is 348 g/mol. The van der Waals surface area contributed by atoms with E-state index in [1.54, 1.807) is 6.07 Å². The van der Waals surface area contributed by atoms with Crippen molar-refractivity contribution in [1.29, 1.82) is 0 Å². The summed E-state index contributed by atoms with van der Waals surface area (Å²) in [6.07, 6.45) is 4.61. The highest BCUT2D eigenvalue weighted by atomic mass is 32.2. The molecule has 2 aromatic rings. The molecule has 0 amide bonds.